The largest absolute Gasteiger partial charge is 0.396 e. The average molecular weight is 378 g/mol. The second-order valence-electron chi connectivity index (χ2n) is 6.65. The minimum Gasteiger partial charge on any atom is -0.396 e. The molecular weight excluding hydrogens is 352 g/mol. The molecule has 1 aromatic rings. The first kappa shape index (κ1) is 19.1. The van der Waals surface area contributed by atoms with E-state index in [-0.39, 0.29) is 24.3 Å². The highest BCUT2D eigenvalue weighted by Crippen LogP contribution is 2.35. The number of hydrogen-bond donors (Lipinski definition) is 1. The highest BCUT2D eigenvalue weighted by atomic mass is 32.1. The van der Waals surface area contributed by atoms with Crippen LogP contribution in [0.4, 0.5) is 0 Å². The van der Waals surface area contributed by atoms with Gasteiger partial charge < -0.3 is 14.7 Å². The highest BCUT2D eigenvalue weighted by Gasteiger charge is 2.42. The van der Waals surface area contributed by atoms with E-state index in [2.05, 4.69) is 0 Å². The fourth-order valence-corrected chi connectivity index (χ4v) is 4.35. The maximum atomic E-state index is 13.1. The van der Waals surface area contributed by atoms with Crippen molar-refractivity contribution in [3.8, 4) is 0 Å². The minimum absolute atomic E-state index is 0.109. The molecule has 0 bridgehead atoms. The lowest BCUT2D eigenvalue weighted by atomic mass is 9.98. The van der Waals surface area contributed by atoms with E-state index in [9.17, 15) is 14.7 Å². The van der Waals surface area contributed by atoms with Crippen LogP contribution in [-0.4, -0.2) is 66.2 Å². The Labute approximate surface area is 158 Å². The molecule has 1 fully saturated rings. The number of likely N-dealkylation sites (tertiary alicyclic amines) is 1. The number of rotatable bonds is 8. The summed E-state index contributed by atoms with van der Waals surface area (Å²) in [4.78, 5) is 30.3. The zero-order valence-electron chi connectivity index (χ0n) is 15.1. The molecule has 2 amide bonds. The van der Waals surface area contributed by atoms with Gasteiger partial charge in [-0.05, 0) is 43.6 Å². The summed E-state index contributed by atoms with van der Waals surface area (Å²) in [5.41, 5.74) is 1.02. The highest BCUT2D eigenvalue weighted by molar-refractivity contribution is 7.11. The number of aliphatic hydroxyl groups excluding tert-OH is 1. The molecule has 0 spiro atoms. The SMILES string of the molecule is CCOCCCN1C(=O)C(c2cccs2)=C(N2CCCC(CO)C2)C1=O. The molecule has 3 heterocycles. The zero-order chi connectivity index (χ0) is 18.5. The van der Waals surface area contributed by atoms with E-state index in [0.717, 1.165) is 24.3 Å². The Bertz CT molecular complexity index is 671. The van der Waals surface area contributed by atoms with Crippen molar-refractivity contribution in [2.24, 2.45) is 5.92 Å². The second-order valence-corrected chi connectivity index (χ2v) is 7.60. The van der Waals surface area contributed by atoms with Gasteiger partial charge in [0.05, 0.1) is 5.57 Å². The van der Waals surface area contributed by atoms with Gasteiger partial charge in [0.25, 0.3) is 11.8 Å². The number of imide groups is 1. The smallest absolute Gasteiger partial charge is 0.277 e. The Morgan fingerprint density at radius 2 is 2.19 bits per heavy atom. The summed E-state index contributed by atoms with van der Waals surface area (Å²) >= 11 is 1.48. The molecule has 0 saturated carbocycles. The molecule has 1 atom stereocenters. The molecule has 0 radical (unpaired) electrons. The number of amides is 2. The lowest BCUT2D eigenvalue weighted by molar-refractivity contribution is -0.137. The van der Waals surface area contributed by atoms with Crippen molar-refractivity contribution in [3.05, 3.63) is 28.1 Å². The third-order valence-electron chi connectivity index (χ3n) is 4.88. The molecule has 0 aromatic carbocycles. The number of nitrogens with zero attached hydrogens (tertiary/aromatic N) is 2. The Morgan fingerprint density at radius 1 is 1.35 bits per heavy atom. The first-order valence-corrected chi connectivity index (χ1v) is 10.1. The molecule has 1 N–H and O–H groups in total. The summed E-state index contributed by atoms with van der Waals surface area (Å²) in [5, 5.41) is 11.4. The number of ether oxygens (including phenoxy) is 1. The van der Waals surface area contributed by atoms with Crippen LogP contribution < -0.4 is 0 Å². The first-order valence-electron chi connectivity index (χ1n) is 9.25. The molecule has 6 nitrogen and oxygen atoms in total. The molecule has 2 aliphatic heterocycles. The normalized spacial score (nSPS) is 21.2. The minimum atomic E-state index is -0.214. The summed E-state index contributed by atoms with van der Waals surface area (Å²) < 4.78 is 5.34. The number of carbonyl (C=O) groups is 2. The number of thiophene rings is 1. The van der Waals surface area contributed by atoms with Crippen LogP contribution in [0.3, 0.4) is 0 Å². The Hall–Kier alpha value is -1.70. The molecule has 7 heteroatoms. The van der Waals surface area contributed by atoms with Gasteiger partial charge in [0.2, 0.25) is 0 Å². The van der Waals surface area contributed by atoms with Crippen molar-refractivity contribution in [3.63, 3.8) is 0 Å². The van der Waals surface area contributed by atoms with E-state index in [1.165, 1.54) is 16.2 Å². The summed E-state index contributed by atoms with van der Waals surface area (Å²) in [6.45, 7) is 4.93. The third kappa shape index (κ3) is 3.84. The van der Waals surface area contributed by atoms with Crippen LogP contribution >= 0.6 is 11.3 Å². The van der Waals surface area contributed by atoms with Crippen molar-refractivity contribution in [1.29, 1.82) is 0 Å². The van der Waals surface area contributed by atoms with E-state index in [1.807, 2.05) is 29.3 Å². The van der Waals surface area contributed by atoms with Gasteiger partial charge in [0.1, 0.15) is 5.70 Å². The molecule has 26 heavy (non-hydrogen) atoms. The maximum absolute atomic E-state index is 13.1. The van der Waals surface area contributed by atoms with Crippen molar-refractivity contribution in [2.75, 3.05) is 39.5 Å². The number of carbonyl (C=O) groups excluding carboxylic acids is 2. The number of hydrogen-bond acceptors (Lipinski definition) is 6. The second kappa shape index (κ2) is 8.79. The molecule has 0 aliphatic carbocycles. The van der Waals surface area contributed by atoms with Crippen molar-refractivity contribution in [2.45, 2.75) is 26.2 Å². The quantitative estimate of drug-likeness (QED) is 0.553. The Kier molecular flexibility index (Phi) is 6.45. The maximum Gasteiger partial charge on any atom is 0.277 e. The van der Waals surface area contributed by atoms with Gasteiger partial charge >= 0.3 is 0 Å². The fraction of sp³-hybridized carbons (Fsp3) is 0.579. The average Bonchev–Trinajstić information content (AvgIpc) is 3.26. The van der Waals surface area contributed by atoms with E-state index >= 15 is 0 Å². The molecule has 3 rings (SSSR count). The summed E-state index contributed by atoms with van der Waals surface area (Å²) in [7, 11) is 0. The van der Waals surface area contributed by atoms with Crippen LogP contribution in [0.2, 0.25) is 0 Å². The van der Waals surface area contributed by atoms with Crippen LogP contribution in [0.1, 0.15) is 31.1 Å². The monoisotopic (exact) mass is 378 g/mol. The summed E-state index contributed by atoms with van der Waals surface area (Å²) in [5.74, 6) is -0.278. The Morgan fingerprint density at radius 3 is 2.88 bits per heavy atom. The van der Waals surface area contributed by atoms with Gasteiger partial charge in [-0.3, -0.25) is 14.5 Å². The van der Waals surface area contributed by atoms with Crippen LogP contribution in [0.25, 0.3) is 5.57 Å². The molecule has 1 saturated heterocycles. The van der Waals surface area contributed by atoms with Crippen molar-refractivity contribution in [1.82, 2.24) is 9.80 Å². The Balaban J connectivity index is 1.86. The summed E-state index contributed by atoms with van der Waals surface area (Å²) in [6, 6.07) is 3.79. The molecule has 1 aromatic heterocycles. The first-order chi connectivity index (χ1) is 12.7. The van der Waals surface area contributed by atoms with Crippen LogP contribution in [0, 0.1) is 5.92 Å². The van der Waals surface area contributed by atoms with E-state index in [0.29, 0.717) is 44.0 Å². The standard InChI is InChI=1S/C19H26N2O4S/c1-2-25-10-5-9-21-18(23)16(15-7-4-11-26-15)17(19(21)24)20-8-3-6-14(12-20)13-22/h4,7,11,14,22H,2-3,5-6,8-10,12-13H2,1H3. The van der Waals surface area contributed by atoms with E-state index in [4.69, 9.17) is 4.74 Å². The van der Waals surface area contributed by atoms with E-state index < -0.39 is 0 Å². The third-order valence-corrected chi connectivity index (χ3v) is 5.77. The molecule has 142 valence electrons. The lowest BCUT2D eigenvalue weighted by Gasteiger charge is -2.34. The van der Waals surface area contributed by atoms with Crippen molar-refractivity contribution >= 4 is 28.7 Å². The fourth-order valence-electron chi connectivity index (χ4n) is 3.59. The van der Waals surface area contributed by atoms with E-state index in [1.54, 1.807) is 0 Å². The van der Waals surface area contributed by atoms with Gasteiger partial charge in [-0.1, -0.05) is 6.07 Å². The van der Waals surface area contributed by atoms with Gasteiger partial charge in [-0.15, -0.1) is 11.3 Å². The molecule has 2 aliphatic rings. The van der Waals surface area contributed by atoms with Crippen LogP contribution in [0.5, 0.6) is 0 Å². The van der Waals surface area contributed by atoms with Crippen molar-refractivity contribution < 1.29 is 19.4 Å². The number of piperidine rings is 1. The van der Waals surface area contributed by atoms with Gasteiger partial charge in [-0.2, -0.15) is 0 Å². The predicted molar refractivity (Wildman–Crippen MR) is 100 cm³/mol. The van der Waals surface area contributed by atoms with Gasteiger partial charge in [0.15, 0.2) is 0 Å². The molecule has 1 unspecified atom stereocenters. The zero-order valence-corrected chi connectivity index (χ0v) is 16.0. The number of aliphatic hydroxyl groups is 1. The predicted octanol–water partition coefficient (Wildman–Crippen LogP) is 1.96. The topological polar surface area (TPSA) is 70.1 Å². The summed E-state index contributed by atoms with van der Waals surface area (Å²) in [6.07, 6.45) is 2.50. The van der Waals surface area contributed by atoms with Crippen LogP contribution in [-0.2, 0) is 14.3 Å². The van der Waals surface area contributed by atoms with Gasteiger partial charge in [0, 0.05) is 44.3 Å². The van der Waals surface area contributed by atoms with Gasteiger partial charge in [-0.25, -0.2) is 0 Å². The van der Waals surface area contributed by atoms with Crippen LogP contribution in [0.15, 0.2) is 23.2 Å². The lowest BCUT2D eigenvalue weighted by Crippen LogP contribution is -2.40. The molecular formula is C19H26N2O4S.